The molecule has 0 aromatic heterocycles. The third-order valence-electron chi connectivity index (χ3n) is 1.44. The number of nitro groups is 1. The molecule has 64 valence electrons. The van der Waals surface area contributed by atoms with Crippen LogP contribution in [0, 0.1) is 17.0 Å². The molecule has 0 unspecified atom stereocenters. The van der Waals surface area contributed by atoms with Crippen LogP contribution in [0.25, 0.3) is 0 Å². The zero-order valence-electron chi connectivity index (χ0n) is 6.17. The average molecular weight is 295 g/mol. The summed E-state index contributed by atoms with van der Waals surface area (Å²) < 4.78 is 1.02. The molecule has 0 spiro atoms. The Morgan fingerprint density at radius 3 is 2.42 bits per heavy atom. The second kappa shape index (κ2) is 3.53. The van der Waals surface area contributed by atoms with E-state index in [-0.39, 0.29) is 5.69 Å². The molecule has 0 N–H and O–H groups in total. The predicted octanol–water partition coefficient (Wildman–Crippen LogP) is 3.43. The Hall–Kier alpha value is -0.420. The van der Waals surface area contributed by atoms with Gasteiger partial charge in [-0.3, -0.25) is 10.1 Å². The van der Waals surface area contributed by atoms with Gasteiger partial charge in [0.2, 0.25) is 0 Å². The molecule has 0 radical (unpaired) electrons. The number of nitro benzene ring substituents is 1. The summed E-state index contributed by atoms with van der Waals surface area (Å²) in [6.45, 7) is 1.81. The maximum absolute atomic E-state index is 10.5. The highest BCUT2D eigenvalue weighted by atomic mass is 79.9. The van der Waals surface area contributed by atoms with Gasteiger partial charge in [0, 0.05) is 0 Å². The van der Waals surface area contributed by atoms with E-state index < -0.39 is 4.92 Å². The highest BCUT2D eigenvalue weighted by Crippen LogP contribution is 2.34. The van der Waals surface area contributed by atoms with Crippen molar-refractivity contribution in [1.82, 2.24) is 0 Å². The largest absolute Gasteiger partial charge is 0.297 e. The van der Waals surface area contributed by atoms with Crippen molar-refractivity contribution in [3.05, 3.63) is 36.8 Å². The van der Waals surface area contributed by atoms with Crippen LogP contribution in [0.5, 0.6) is 0 Å². The lowest BCUT2D eigenvalue weighted by atomic mass is 10.2. The van der Waals surface area contributed by atoms with E-state index in [4.69, 9.17) is 0 Å². The molecule has 1 aromatic rings. The van der Waals surface area contributed by atoms with Gasteiger partial charge in [-0.05, 0) is 50.4 Å². The average Bonchev–Trinajstić information content (AvgIpc) is 1.97. The molecule has 1 rings (SSSR count). The summed E-state index contributed by atoms with van der Waals surface area (Å²) in [7, 11) is 0. The molecule has 0 saturated heterocycles. The molecule has 0 heterocycles. The fourth-order valence-electron chi connectivity index (χ4n) is 0.809. The Bertz CT molecular complexity index is 338. The van der Waals surface area contributed by atoms with Gasteiger partial charge in [-0.2, -0.15) is 0 Å². The Morgan fingerprint density at radius 2 is 2.00 bits per heavy atom. The van der Waals surface area contributed by atoms with Crippen molar-refractivity contribution < 1.29 is 4.92 Å². The van der Waals surface area contributed by atoms with Gasteiger partial charge in [-0.25, -0.2) is 0 Å². The Balaban J connectivity index is 3.43. The summed E-state index contributed by atoms with van der Waals surface area (Å²) in [6, 6.07) is 3.47. The lowest BCUT2D eigenvalue weighted by Gasteiger charge is -2.00. The second-order valence-corrected chi connectivity index (χ2v) is 3.93. The lowest BCUT2D eigenvalue weighted by molar-refractivity contribution is -0.386. The van der Waals surface area contributed by atoms with E-state index in [1.807, 2.05) is 6.92 Å². The standard InChI is InChI=1S/C7H5Br2NO2/c1-4-2-3-5(8)7(6(4)9)10(11)12/h2-3H,1H3. The van der Waals surface area contributed by atoms with Gasteiger partial charge in [0.25, 0.3) is 5.69 Å². The molecule has 0 saturated carbocycles. The minimum atomic E-state index is -0.416. The summed E-state index contributed by atoms with van der Waals surface area (Å²) in [5.41, 5.74) is 0.930. The predicted molar refractivity (Wildman–Crippen MR) is 53.2 cm³/mol. The van der Waals surface area contributed by atoms with Crippen LogP contribution in [0.1, 0.15) is 5.56 Å². The molecular weight excluding hydrogens is 290 g/mol. The van der Waals surface area contributed by atoms with Gasteiger partial charge in [0.05, 0.1) is 13.9 Å². The Kier molecular flexibility index (Phi) is 2.85. The maximum atomic E-state index is 10.5. The molecule has 0 bridgehead atoms. The molecule has 3 nitrogen and oxygen atoms in total. The molecule has 0 atom stereocenters. The molecule has 0 aliphatic carbocycles. The van der Waals surface area contributed by atoms with Gasteiger partial charge in [-0.15, -0.1) is 0 Å². The number of rotatable bonds is 1. The van der Waals surface area contributed by atoms with Crippen molar-refractivity contribution >= 4 is 37.5 Å². The number of aryl methyl sites for hydroxylation is 1. The summed E-state index contributed by atoms with van der Waals surface area (Å²) in [5.74, 6) is 0. The van der Waals surface area contributed by atoms with Crippen molar-refractivity contribution in [1.29, 1.82) is 0 Å². The number of benzene rings is 1. The molecule has 1 aromatic carbocycles. The summed E-state index contributed by atoms with van der Waals surface area (Å²) in [5, 5.41) is 10.5. The van der Waals surface area contributed by atoms with E-state index in [0.717, 1.165) is 5.56 Å². The summed E-state index contributed by atoms with van der Waals surface area (Å²) >= 11 is 6.27. The molecule has 5 heteroatoms. The van der Waals surface area contributed by atoms with Gasteiger partial charge in [0.15, 0.2) is 0 Å². The quantitative estimate of drug-likeness (QED) is 0.588. The van der Waals surface area contributed by atoms with E-state index in [9.17, 15) is 10.1 Å². The van der Waals surface area contributed by atoms with E-state index in [1.54, 1.807) is 12.1 Å². The summed E-state index contributed by atoms with van der Waals surface area (Å²) in [6.07, 6.45) is 0. The van der Waals surface area contributed by atoms with E-state index in [2.05, 4.69) is 31.9 Å². The first-order valence-electron chi connectivity index (χ1n) is 3.13. The topological polar surface area (TPSA) is 43.1 Å². The highest BCUT2D eigenvalue weighted by Gasteiger charge is 2.17. The van der Waals surface area contributed by atoms with E-state index >= 15 is 0 Å². The van der Waals surface area contributed by atoms with Crippen LogP contribution in [0.4, 0.5) is 5.69 Å². The van der Waals surface area contributed by atoms with Crippen LogP contribution in [0.15, 0.2) is 21.1 Å². The van der Waals surface area contributed by atoms with Gasteiger partial charge in [-0.1, -0.05) is 6.07 Å². The zero-order chi connectivity index (χ0) is 9.30. The smallest absolute Gasteiger partial charge is 0.258 e. The normalized spacial score (nSPS) is 9.92. The second-order valence-electron chi connectivity index (χ2n) is 2.28. The van der Waals surface area contributed by atoms with Crippen LogP contribution in [-0.2, 0) is 0 Å². The van der Waals surface area contributed by atoms with Crippen molar-refractivity contribution in [2.75, 3.05) is 0 Å². The Morgan fingerprint density at radius 1 is 1.42 bits per heavy atom. The SMILES string of the molecule is Cc1ccc(Br)c([N+](=O)[O-])c1Br. The van der Waals surface area contributed by atoms with Crippen LogP contribution in [0.3, 0.4) is 0 Å². The summed E-state index contributed by atoms with van der Waals surface area (Å²) in [4.78, 5) is 10.1. The van der Waals surface area contributed by atoms with Crippen molar-refractivity contribution in [3.8, 4) is 0 Å². The Labute approximate surface area is 86.2 Å². The zero-order valence-corrected chi connectivity index (χ0v) is 9.35. The van der Waals surface area contributed by atoms with Crippen LogP contribution < -0.4 is 0 Å². The van der Waals surface area contributed by atoms with Crippen molar-refractivity contribution in [2.24, 2.45) is 0 Å². The number of hydrogen-bond acceptors (Lipinski definition) is 2. The van der Waals surface area contributed by atoms with E-state index in [1.165, 1.54) is 0 Å². The highest BCUT2D eigenvalue weighted by molar-refractivity contribution is 9.11. The molecule has 0 amide bonds. The molecule has 0 aliphatic rings. The van der Waals surface area contributed by atoms with Crippen LogP contribution in [0.2, 0.25) is 0 Å². The number of nitrogens with zero attached hydrogens (tertiary/aromatic N) is 1. The first kappa shape index (κ1) is 9.67. The first-order valence-corrected chi connectivity index (χ1v) is 4.71. The first-order chi connectivity index (χ1) is 5.54. The van der Waals surface area contributed by atoms with Crippen LogP contribution in [-0.4, -0.2) is 4.92 Å². The monoisotopic (exact) mass is 293 g/mol. The fraction of sp³-hybridized carbons (Fsp3) is 0.143. The molecule has 0 fully saturated rings. The molecule has 0 aliphatic heterocycles. The number of halogens is 2. The third-order valence-corrected chi connectivity index (χ3v) is 3.08. The van der Waals surface area contributed by atoms with Gasteiger partial charge < -0.3 is 0 Å². The van der Waals surface area contributed by atoms with Crippen molar-refractivity contribution in [3.63, 3.8) is 0 Å². The van der Waals surface area contributed by atoms with Gasteiger partial charge >= 0.3 is 0 Å². The van der Waals surface area contributed by atoms with Gasteiger partial charge in [0.1, 0.15) is 0 Å². The minimum Gasteiger partial charge on any atom is -0.258 e. The van der Waals surface area contributed by atoms with Crippen molar-refractivity contribution in [2.45, 2.75) is 6.92 Å². The lowest BCUT2D eigenvalue weighted by Crippen LogP contribution is -1.92. The minimum absolute atomic E-state index is 0.0787. The maximum Gasteiger partial charge on any atom is 0.297 e. The van der Waals surface area contributed by atoms with E-state index in [0.29, 0.717) is 8.95 Å². The number of hydrogen-bond donors (Lipinski definition) is 0. The third kappa shape index (κ3) is 1.67. The molecular formula is C7H5Br2NO2. The molecule has 12 heavy (non-hydrogen) atoms. The fourth-order valence-corrected chi connectivity index (χ4v) is 2.04. The van der Waals surface area contributed by atoms with Crippen LogP contribution >= 0.6 is 31.9 Å².